The van der Waals surface area contributed by atoms with Gasteiger partial charge in [0.1, 0.15) is 0 Å². The van der Waals surface area contributed by atoms with E-state index in [9.17, 15) is 0 Å². The number of aromatic nitrogens is 1. The van der Waals surface area contributed by atoms with Crippen molar-refractivity contribution in [1.29, 1.82) is 0 Å². The van der Waals surface area contributed by atoms with Crippen molar-refractivity contribution in [2.75, 3.05) is 5.73 Å². The van der Waals surface area contributed by atoms with Crippen LogP contribution >= 0.6 is 15.9 Å². The molecule has 0 aliphatic heterocycles. The highest BCUT2D eigenvalue weighted by Crippen LogP contribution is 2.21. The lowest BCUT2D eigenvalue weighted by Gasteiger charge is -2.06. The molecule has 0 saturated carbocycles. The van der Waals surface area contributed by atoms with E-state index in [0.29, 0.717) is 0 Å². The minimum Gasteiger partial charge on any atom is -0.398 e. The van der Waals surface area contributed by atoms with Crippen LogP contribution in [0.25, 0.3) is 0 Å². The summed E-state index contributed by atoms with van der Waals surface area (Å²) in [6.45, 7) is 0. The third kappa shape index (κ3) is 2.36. The number of rotatable bonds is 2. The largest absolute Gasteiger partial charge is 0.398 e. The van der Waals surface area contributed by atoms with Crippen molar-refractivity contribution in [3.63, 3.8) is 0 Å². The topological polar surface area (TPSA) is 38.9 Å². The molecule has 0 atom stereocenters. The third-order valence-corrected chi connectivity index (χ3v) is 3.05. The molecule has 0 fully saturated rings. The molecule has 0 amide bonds. The molecule has 2 aromatic rings. The summed E-state index contributed by atoms with van der Waals surface area (Å²) in [7, 11) is 0. The summed E-state index contributed by atoms with van der Waals surface area (Å²) in [4.78, 5) is 4.08. The van der Waals surface area contributed by atoms with Crippen LogP contribution in [0, 0.1) is 0 Å². The van der Waals surface area contributed by atoms with Gasteiger partial charge in [0.25, 0.3) is 0 Å². The molecule has 1 aromatic heterocycles. The highest BCUT2D eigenvalue weighted by molar-refractivity contribution is 9.10. The number of halogens is 1. The molecule has 2 rings (SSSR count). The Balaban J connectivity index is 2.30. The normalized spacial score (nSPS) is 10.2. The van der Waals surface area contributed by atoms with Gasteiger partial charge in [-0.15, -0.1) is 0 Å². The van der Waals surface area contributed by atoms with Gasteiger partial charge < -0.3 is 5.73 Å². The fraction of sp³-hybridized carbons (Fsp3) is 0.0833. The molecule has 2 nitrogen and oxygen atoms in total. The number of hydrogen-bond acceptors (Lipinski definition) is 2. The number of pyridine rings is 1. The molecule has 1 aromatic carbocycles. The van der Waals surface area contributed by atoms with Crippen molar-refractivity contribution in [3.8, 4) is 0 Å². The van der Waals surface area contributed by atoms with E-state index in [1.54, 1.807) is 6.20 Å². The van der Waals surface area contributed by atoms with Crippen LogP contribution in [0.4, 0.5) is 5.69 Å². The molecule has 15 heavy (non-hydrogen) atoms. The van der Waals surface area contributed by atoms with Gasteiger partial charge >= 0.3 is 0 Å². The van der Waals surface area contributed by atoms with Crippen molar-refractivity contribution >= 4 is 21.6 Å². The lowest BCUT2D eigenvalue weighted by Crippen LogP contribution is -1.96. The Morgan fingerprint density at radius 3 is 2.67 bits per heavy atom. The first-order valence-electron chi connectivity index (χ1n) is 4.69. The SMILES string of the molecule is Nc1ccncc1Cc1ccccc1Br. The van der Waals surface area contributed by atoms with E-state index in [-0.39, 0.29) is 0 Å². The second-order valence-corrected chi connectivity index (χ2v) is 4.20. The van der Waals surface area contributed by atoms with E-state index < -0.39 is 0 Å². The summed E-state index contributed by atoms with van der Waals surface area (Å²) in [5.74, 6) is 0. The van der Waals surface area contributed by atoms with Gasteiger partial charge in [0.2, 0.25) is 0 Å². The molecule has 0 spiro atoms. The number of hydrogen-bond donors (Lipinski definition) is 1. The molecule has 0 radical (unpaired) electrons. The van der Waals surface area contributed by atoms with Crippen molar-refractivity contribution in [3.05, 3.63) is 58.3 Å². The van der Waals surface area contributed by atoms with Crippen LogP contribution in [0.2, 0.25) is 0 Å². The van der Waals surface area contributed by atoms with E-state index in [0.717, 1.165) is 22.1 Å². The summed E-state index contributed by atoms with van der Waals surface area (Å²) in [6, 6.07) is 9.96. The molecular formula is C12H11BrN2. The Bertz CT molecular complexity index is 425. The Morgan fingerprint density at radius 2 is 1.93 bits per heavy atom. The zero-order valence-corrected chi connectivity index (χ0v) is 9.74. The number of nitrogens with two attached hydrogens (primary N) is 1. The third-order valence-electron chi connectivity index (χ3n) is 2.28. The second kappa shape index (κ2) is 4.45. The molecule has 2 N–H and O–H groups in total. The van der Waals surface area contributed by atoms with Gasteiger partial charge in [-0.2, -0.15) is 0 Å². The van der Waals surface area contributed by atoms with Gasteiger partial charge in [-0.1, -0.05) is 34.1 Å². The highest BCUT2D eigenvalue weighted by Gasteiger charge is 2.03. The van der Waals surface area contributed by atoms with E-state index in [1.165, 1.54) is 5.56 Å². The van der Waals surface area contributed by atoms with E-state index in [2.05, 4.69) is 27.0 Å². The molecule has 76 valence electrons. The van der Waals surface area contributed by atoms with Crippen LogP contribution in [0.5, 0.6) is 0 Å². The minimum atomic E-state index is 0.792. The van der Waals surface area contributed by atoms with E-state index in [4.69, 9.17) is 5.73 Å². The van der Waals surface area contributed by atoms with Crippen molar-refractivity contribution in [2.45, 2.75) is 6.42 Å². The first-order valence-corrected chi connectivity index (χ1v) is 5.48. The Labute approximate surface area is 97.3 Å². The molecule has 3 heteroatoms. The summed E-state index contributed by atoms with van der Waals surface area (Å²) >= 11 is 3.52. The maximum atomic E-state index is 5.86. The van der Waals surface area contributed by atoms with Gasteiger partial charge in [0, 0.05) is 29.0 Å². The molecule has 0 aliphatic rings. The van der Waals surface area contributed by atoms with E-state index in [1.807, 2.05) is 30.5 Å². The second-order valence-electron chi connectivity index (χ2n) is 3.34. The van der Waals surface area contributed by atoms with Gasteiger partial charge in [0.05, 0.1) is 0 Å². The van der Waals surface area contributed by atoms with Gasteiger partial charge in [-0.25, -0.2) is 0 Å². The maximum Gasteiger partial charge on any atom is 0.0380 e. The smallest absolute Gasteiger partial charge is 0.0380 e. The first kappa shape index (κ1) is 10.2. The van der Waals surface area contributed by atoms with Crippen LogP contribution in [0.15, 0.2) is 47.2 Å². The maximum absolute atomic E-state index is 5.86. The zero-order valence-electron chi connectivity index (χ0n) is 8.15. The highest BCUT2D eigenvalue weighted by atomic mass is 79.9. The van der Waals surface area contributed by atoms with Crippen LogP contribution in [-0.4, -0.2) is 4.98 Å². The van der Waals surface area contributed by atoms with Crippen molar-refractivity contribution in [2.24, 2.45) is 0 Å². The predicted molar refractivity (Wildman–Crippen MR) is 65.6 cm³/mol. The van der Waals surface area contributed by atoms with Crippen molar-refractivity contribution in [1.82, 2.24) is 4.98 Å². The Morgan fingerprint density at radius 1 is 1.13 bits per heavy atom. The number of benzene rings is 1. The summed E-state index contributed by atoms with van der Waals surface area (Å²) in [5, 5.41) is 0. The molecule has 0 unspecified atom stereocenters. The van der Waals surface area contributed by atoms with Crippen LogP contribution in [0.1, 0.15) is 11.1 Å². The van der Waals surface area contributed by atoms with E-state index >= 15 is 0 Å². The molecule has 1 heterocycles. The van der Waals surface area contributed by atoms with Crippen LogP contribution in [0.3, 0.4) is 0 Å². The zero-order chi connectivity index (χ0) is 10.7. The quantitative estimate of drug-likeness (QED) is 0.904. The van der Waals surface area contributed by atoms with Crippen LogP contribution in [-0.2, 0) is 6.42 Å². The lowest BCUT2D eigenvalue weighted by atomic mass is 10.1. The van der Waals surface area contributed by atoms with Gasteiger partial charge in [0.15, 0.2) is 0 Å². The molecular weight excluding hydrogens is 252 g/mol. The van der Waals surface area contributed by atoms with Gasteiger partial charge in [-0.3, -0.25) is 4.98 Å². The Kier molecular flexibility index (Phi) is 3.02. The predicted octanol–water partition coefficient (Wildman–Crippen LogP) is 3.02. The fourth-order valence-corrected chi connectivity index (χ4v) is 1.86. The first-order chi connectivity index (χ1) is 7.27. The summed E-state index contributed by atoms with van der Waals surface area (Å²) < 4.78 is 1.10. The lowest BCUT2D eigenvalue weighted by molar-refractivity contribution is 1.14. The number of nitrogen functional groups attached to an aromatic ring is 1. The molecule has 0 bridgehead atoms. The fourth-order valence-electron chi connectivity index (χ4n) is 1.43. The average Bonchev–Trinajstić information content (AvgIpc) is 2.24. The standard InChI is InChI=1S/C12H11BrN2/c13-11-4-2-1-3-9(11)7-10-8-15-6-5-12(10)14/h1-6,8H,7H2,(H2,14,15). The number of anilines is 1. The summed E-state index contributed by atoms with van der Waals surface area (Å²) in [5.41, 5.74) is 8.93. The minimum absolute atomic E-state index is 0.792. The summed E-state index contributed by atoms with van der Waals surface area (Å²) in [6.07, 6.45) is 4.33. The average molecular weight is 263 g/mol. The number of nitrogens with zero attached hydrogens (tertiary/aromatic N) is 1. The van der Waals surface area contributed by atoms with Gasteiger partial charge in [-0.05, 0) is 23.3 Å². The van der Waals surface area contributed by atoms with Crippen molar-refractivity contribution < 1.29 is 0 Å². The Hall–Kier alpha value is -1.35. The van der Waals surface area contributed by atoms with Crippen LogP contribution < -0.4 is 5.73 Å². The molecule has 0 aliphatic carbocycles. The molecule has 0 saturated heterocycles. The monoisotopic (exact) mass is 262 g/mol.